The number of allylic oxidation sites excluding steroid dienone is 2. The van der Waals surface area contributed by atoms with Crippen LogP contribution < -0.4 is 5.32 Å². The first-order valence-electron chi connectivity index (χ1n) is 7.67. The zero-order chi connectivity index (χ0) is 15.9. The van der Waals surface area contributed by atoms with Crippen LogP contribution in [0, 0.1) is 31.1 Å². The molecule has 1 aromatic rings. The molecular formula is C18H27NOS. The van der Waals surface area contributed by atoms with E-state index in [1.807, 2.05) is 0 Å². The lowest BCUT2D eigenvalue weighted by Gasteiger charge is -2.14. The van der Waals surface area contributed by atoms with Crippen molar-refractivity contribution in [2.24, 2.45) is 17.3 Å². The van der Waals surface area contributed by atoms with E-state index in [0.29, 0.717) is 5.92 Å². The van der Waals surface area contributed by atoms with Crippen LogP contribution in [0.1, 0.15) is 56.0 Å². The zero-order valence-corrected chi connectivity index (χ0v) is 15.0. The Kier molecular flexibility index (Phi) is 4.34. The highest BCUT2D eigenvalue weighted by Crippen LogP contribution is 2.59. The highest BCUT2D eigenvalue weighted by atomic mass is 32.1. The summed E-state index contributed by atoms with van der Waals surface area (Å²) in [4.78, 5) is 15.2. The maximum absolute atomic E-state index is 12.6. The van der Waals surface area contributed by atoms with Gasteiger partial charge in [0.05, 0.1) is 12.0 Å². The normalized spacial score (nSPS) is 24.3. The highest BCUT2D eigenvalue weighted by molar-refractivity contribution is 7.12. The van der Waals surface area contributed by atoms with Crippen LogP contribution in [0.5, 0.6) is 0 Å². The summed E-state index contributed by atoms with van der Waals surface area (Å²) in [6.45, 7) is 14.9. The van der Waals surface area contributed by atoms with Crippen LogP contribution in [0.15, 0.2) is 17.7 Å². The topological polar surface area (TPSA) is 29.1 Å². The average molecular weight is 305 g/mol. The van der Waals surface area contributed by atoms with Crippen LogP contribution in [0.2, 0.25) is 0 Å². The first-order valence-corrected chi connectivity index (χ1v) is 8.48. The predicted molar refractivity (Wildman–Crippen MR) is 90.5 cm³/mol. The molecule has 1 aliphatic carbocycles. The second-order valence-electron chi connectivity index (χ2n) is 7.17. The maximum Gasteiger partial charge on any atom is 0.224 e. The number of hydrogen-bond donors (Lipinski definition) is 1. The van der Waals surface area contributed by atoms with E-state index in [9.17, 15) is 4.79 Å². The van der Waals surface area contributed by atoms with Crippen molar-refractivity contribution in [1.29, 1.82) is 0 Å². The average Bonchev–Trinajstić information content (AvgIpc) is 2.68. The van der Waals surface area contributed by atoms with Crippen LogP contribution in [0.4, 0.5) is 0 Å². The molecule has 116 valence electrons. The molecule has 1 N–H and O–H groups in total. The van der Waals surface area contributed by atoms with Crippen molar-refractivity contribution < 1.29 is 4.79 Å². The number of thiophene rings is 1. The van der Waals surface area contributed by atoms with Crippen LogP contribution in [0.3, 0.4) is 0 Å². The van der Waals surface area contributed by atoms with Gasteiger partial charge in [-0.3, -0.25) is 4.79 Å². The van der Waals surface area contributed by atoms with Crippen LogP contribution in [-0.2, 0) is 4.79 Å². The van der Waals surface area contributed by atoms with E-state index in [0.717, 1.165) is 0 Å². The van der Waals surface area contributed by atoms with Crippen LogP contribution in [-0.4, -0.2) is 5.91 Å². The monoisotopic (exact) mass is 305 g/mol. The molecule has 2 rings (SSSR count). The largest absolute Gasteiger partial charge is 0.349 e. The lowest BCUT2D eigenvalue weighted by Crippen LogP contribution is -2.29. The fraction of sp³-hybridized carbons (Fsp3) is 0.611. The minimum absolute atomic E-state index is 0.0840. The van der Waals surface area contributed by atoms with Gasteiger partial charge in [-0.2, -0.15) is 0 Å². The van der Waals surface area contributed by atoms with Crippen LogP contribution in [0.25, 0.3) is 0 Å². The van der Waals surface area contributed by atoms with E-state index < -0.39 is 0 Å². The Morgan fingerprint density at radius 2 is 2.00 bits per heavy atom. The number of amides is 1. The van der Waals surface area contributed by atoms with Gasteiger partial charge in [-0.05, 0) is 57.6 Å². The first kappa shape index (κ1) is 16.3. The number of nitrogens with one attached hydrogen (secondary N) is 1. The molecule has 1 heterocycles. The summed E-state index contributed by atoms with van der Waals surface area (Å²) in [5.74, 6) is 0.674. The fourth-order valence-electron chi connectivity index (χ4n) is 3.31. The summed E-state index contributed by atoms with van der Waals surface area (Å²) in [7, 11) is 0. The van der Waals surface area contributed by atoms with Gasteiger partial charge in [-0.1, -0.05) is 25.5 Å². The molecule has 0 bridgehead atoms. The van der Waals surface area contributed by atoms with E-state index in [1.165, 1.54) is 20.9 Å². The summed E-state index contributed by atoms with van der Waals surface area (Å²) < 4.78 is 0. The van der Waals surface area contributed by atoms with Gasteiger partial charge >= 0.3 is 0 Å². The smallest absolute Gasteiger partial charge is 0.224 e. The van der Waals surface area contributed by atoms with Crippen molar-refractivity contribution in [1.82, 2.24) is 5.32 Å². The molecule has 0 saturated heterocycles. The molecule has 1 aliphatic rings. The van der Waals surface area contributed by atoms with Crippen LogP contribution >= 0.6 is 11.3 Å². The Bertz CT molecular complexity index is 578. The van der Waals surface area contributed by atoms with Gasteiger partial charge < -0.3 is 5.32 Å². The number of aryl methyl sites for hydroxylation is 2. The second kappa shape index (κ2) is 5.60. The maximum atomic E-state index is 12.6. The van der Waals surface area contributed by atoms with Crippen molar-refractivity contribution in [2.45, 2.75) is 54.5 Å². The minimum atomic E-state index is 0.0840. The summed E-state index contributed by atoms with van der Waals surface area (Å²) in [5, 5.41) is 3.21. The standard InChI is InChI=1S/C18H27NOS/c1-10(2)8-15-16(18(15,6)7)17(20)19-12(4)14-9-11(3)21-13(14)5/h8-9,12,15-16H,1-7H3,(H,19,20)/t12-,15+,16+/m0/s1. The van der Waals surface area contributed by atoms with Gasteiger partial charge in [-0.15, -0.1) is 11.3 Å². The zero-order valence-electron chi connectivity index (χ0n) is 14.2. The molecular weight excluding hydrogens is 278 g/mol. The Morgan fingerprint density at radius 3 is 2.48 bits per heavy atom. The lowest BCUT2D eigenvalue weighted by molar-refractivity contribution is -0.123. The molecule has 1 saturated carbocycles. The van der Waals surface area contributed by atoms with E-state index in [4.69, 9.17) is 0 Å². The van der Waals surface area contributed by atoms with Gasteiger partial charge in [-0.25, -0.2) is 0 Å². The number of rotatable bonds is 4. The molecule has 0 aliphatic heterocycles. The summed E-state index contributed by atoms with van der Waals surface area (Å²) in [6, 6.07) is 2.28. The van der Waals surface area contributed by atoms with Gasteiger partial charge in [0.25, 0.3) is 0 Å². The van der Waals surface area contributed by atoms with Crippen molar-refractivity contribution in [3.63, 3.8) is 0 Å². The van der Waals surface area contributed by atoms with Crippen molar-refractivity contribution in [2.75, 3.05) is 0 Å². The number of hydrogen-bond acceptors (Lipinski definition) is 2. The van der Waals surface area contributed by atoms with Crippen molar-refractivity contribution in [3.05, 3.63) is 33.0 Å². The Labute approximate surface area is 132 Å². The molecule has 0 unspecified atom stereocenters. The Morgan fingerprint density at radius 1 is 1.38 bits per heavy atom. The molecule has 21 heavy (non-hydrogen) atoms. The SMILES string of the molecule is CC(C)=C[C@@H]1[C@H](C(=O)N[C@@H](C)c2cc(C)sc2C)C1(C)C. The van der Waals surface area contributed by atoms with E-state index in [-0.39, 0.29) is 23.3 Å². The van der Waals surface area contributed by atoms with E-state index in [1.54, 1.807) is 11.3 Å². The summed E-state index contributed by atoms with van der Waals surface area (Å²) in [5.41, 5.74) is 2.63. The van der Waals surface area contributed by atoms with Gasteiger partial charge in [0.15, 0.2) is 0 Å². The van der Waals surface area contributed by atoms with Gasteiger partial charge in [0.2, 0.25) is 5.91 Å². The molecule has 1 fully saturated rings. The van der Waals surface area contributed by atoms with Gasteiger partial charge in [0, 0.05) is 9.75 Å². The van der Waals surface area contributed by atoms with E-state index >= 15 is 0 Å². The molecule has 1 amide bonds. The Hall–Kier alpha value is -1.09. The second-order valence-corrected chi connectivity index (χ2v) is 8.63. The molecule has 3 atom stereocenters. The molecule has 1 aromatic heterocycles. The van der Waals surface area contributed by atoms with E-state index in [2.05, 4.69) is 65.9 Å². The van der Waals surface area contributed by atoms with Gasteiger partial charge in [0.1, 0.15) is 0 Å². The molecule has 0 radical (unpaired) electrons. The summed E-state index contributed by atoms with van der Waals surface area (Å²) >= 11 is 1.80. The van der Waals surface area contributed by atoms with Crippen molar-refractivity contribution in [3.8, 4) is 0 Å². The molecule has 2 nitrogen and oxygen atoms in total. The quantitative estimate of drug-likeness (QED) is 0.797. The molecule has 0 spiro atoms. The third-order valence-electron chi connectivity index (χ3n) is 4.61. The molecule has 0 aromatic carbocycles. The number of carbonyl (C=O) groups is 1. The highest BCUT2D eigenvalue weighted by Gasteiger charge is 2.60. The van der Waals surface area contributed by atoms with Crippen molar-refractivity contribution >= 4 is 17.2 Å². The lowest BCUT2D eigenvalue weighted by atomic mass is 10.1. The minimum Gasteiger partial charge on any atom is -0.349 e. The molecule has 3 heteroatoms. The first-order chi connectivity index (χ1) is 9.64. The third-order valence-corrected chi connectivity index (χ3v) is 5.59. The summed E-state index contributed by atoms with van der Waals surface area (Å²) in [6.07, 6.45) is 2.24. The number of carbonyl (C=O) groups excluding carboxylic acids is 1. The fourth-order valence-corrected chi connectivity index (χ4v) is 4.33. The Balaban J connectivity index is 2.06. The predicted octanol–water partition coefficient (Wildman–Crippen LogP) is 4.78. The third kappa shape index (κ3) is 3.23.